The van der Waals surface area contributed by atoms with Crippen molar-refractivity contribution in [2.24, 2.45) is 0 Å². The fourth-order valence-electron chi connectivity index (χ4n) is 3.79. The van der Waals surface area contributed by atoms with Crippen LogP contribution in [0, 0.1) is 0 Å². The highest BCUT2D eigenvalue weighted by atomic mass is 32.2. The van der Waals surface area contributed by atoms with Gasteiger partial charge in [0.25, 0.3) is 21.8 Å². The minimum atomic E-state index is -3.92. The van der Waals surface area contributed by atoms with Gasteiger partial charge in [-0.1, -0.05) is 37.5 Å². The molecule has 1 saturated carbocycles. The molecular formula is C20H20N2O4S. The minimum Gasteiger partial charge on any atom is -0.322 e. The molecule has 27 heavy (non-hydrogen) atoms. The molecule has 1 fully saturated rings. The number of nitrogens with one attached hydrogen (secondary N) is 1. The zero-order valence-electron chi connectivity index (χ0n) is 14.7. The topological polar surface area (TPSA) is 83.6 Å². The van der Waals surface area contributed by atoms with Crippen molar-refractivity contribution in [2.75, 3.05) is 5.32 Å². The highest BCUT2D eigenvalue weighted by molar-refractivity contribution is 7.90. The molecule has 4 rings (SSSR count). The van der Waals surface area contributed by atoms with E-state index in [9.17, 15) is 18.0 Å². The molecule has 2 aromatic rings. The van der Waals surface area contributed by atoms with Crippen molar-refractivity contribution in [2.45, 2.75) is 43.0 Å². The first kappa shape index (κ1) is 17.7. The van der Waals surface area contributed by atoms with Crippen LogP contribution in [0.3, 0.4) is 0 Å². The van der Waals surface area contributed by atoms with Crippen LogP contribution in [0.15, 0.2) is 53.4 Å². The molecule has 2 aromatic carbocycles. The Morgan fingerprint density at radius 1 is 1.00 bits per heavy atom. The first-order valence-corrected chi connectivity index (χ1v) is 10.5. The van der Waals surface area contributed by atoms with Gasteiger partial charge in [0.05, 0.1) is 5.56 Å². The van der Waals surface area contributed by atoms with E-state index in [0.717, 1.165) is 23.6 Å². The van der Waals surface area contributed by atoms with Gasteiger partial charge < -0.3 is 5.32 Å². The van der Waals surface area contributed by atoms with Crippen molar-refractivity contribution in [3.63, 3.8) is 0 Å². The number of carbonyl (C=O) groups excluding carboxylic acids is 2. The lowest BCUT2D eigenvalue weighted by molar-refractivity contribution is 0.0809. The van der Waals surface area contributed by atoms with Gasteiger partial charge in [0.1, 0.15) is 4.90 Å². The fraction of sp³-hybridized carbons (Fsp3) is 0.300. The second-order valence-electron chi connectivity index (χ2n) is 6.93. The van der Waals surface area contributed by atoms with E-state index in [4.69, 9.17) is 0 Å². The number of para-hydroxylation sites is 1. The van der Waals surface area contributed by atoms with Crippen LogP contribution in [0.25, 0.3) is 0 Å². The van der Waals surface area contributed by atoms with Crippen LogP contribution in [0.5, 0.6) is 0 Å². The molecule has 6 nitrogen and oxygen atoms in total. The van der Waals surface area contributed by atoms with Crippen LogP contribution >= 0.6 is 0 Å². The zero-order valence-corrected chi connectivity index (χ0v) is 15.5. The first-order chi connectivity index (χ1) is 13.0. The maximum atomic E-state index is 13.0. The lowest BCUT2D eigenvalue weighted by Crippen LogP contribution is -2.40. The minimum absolute atomic E-state index is 0.0706. The van der Waals surface area contributed by atoms with Crippen molar-refractivity contribution in [3.05, 3.63) is 59.7 Å². The molecule has 0 radical (unpaired) electrons. The number of rotatable bonds is 3. The van der Waals surface area contributed by atoms with E-state index in [2.05, 4.69) is 5.32 Å². The number of anilines is 1. The van der Waals surface area contributed by atoms with Crippen LogP contribution in [0.1, 0.15) is 52.8 Å². The molecule has 1 N–H and O–H groups in total. The van der Waals surface area contributed by atoms with Gasteiger partial charge in [-0.05, 0) is 43.2 Å². The molecule has 1 aliphatic heterocycles. The number of sulfonamides is 1. The molecule has 7 heteroatoms. The maximum Gasteiger partial charge on any atom is 0.269 e. The Balaban J connectivity index is 1.65. The van der Waals surface area contributed by atoms with E-state index in [1.54, 1.807) is 24.3 Å². The number of fused-ring (bicyclic) bond motifs is 1. The highest BCUT2D eigenvalue weighted by Gasteiger charge is 2.45. The number of hydrogen-bond acceptors (Lipinski definition) is 4. The summed E-state index contributed by atoms with van der Waals surface area (Å²) in [4.78, 5) is 25.1. The standard InChI is InChI=1S/C20H20N2O4S/c23-19(21-15-7-3-1-4-8-15)14-11-12-17-18(13-14)27(25,26)22(20(17)24)16-9-5-2-6-10-16/h1,3-4,7-8,11-13,16H,2,5-6,9-10H2,(H,21,23). The van der Waals surface area contributed by atoms with Crippen molar-refractivity contribution in [1.82, 2.24) is 4.31 Å². The molecule has 0 atom stereocenters. The summed E-state index contributed by atoms with van der Waals surface area (Å²) in [5.74, 6) is -0.894. The summed E-state index contributed by atoms with van der Waals surface area (Å²) < 4.78 is 27.0. The molecule has 2 aliphatic rings. The van der Waals surface area contributed by atoms with Crippen LogP contribution < -0.4 is 5.32 Å². The lowest BCUT2D eigenvalue weighted by atomic mass is 9.95. The average Bonchev–Trinajstić information content (AvgIpc) is 2.88. The van der Waals surface area contributed by atoms with Gasteiger partial charge >= 0.3 is 0 Å². The number of carbonyl (C=O) groups is 2. The van der Waals surface area contributed by atoms with Crippen LogP contribution in [-0.2, 0) is 10.0 Å². The fourth-order valence-corrected chi connectivity index (χ4v) is 5.63. The third-order valence-electron chi connectivity index (χ3n) is 5.15. The molecule has 1 heterocycles. The van der Waals surface area contributed by atoms with Crippen molar-refractivity contribution >= 4 is 27.5 Å². The number of amides is 2. The molecule has 0 bridgehead atoms. The maximum absolute atomic E-state index is 13.0. The summed E-state index contributed by atoms with van der Waals surface area (Å²) in [6.07, 6.45) is 4.30. The van der Waals surface area contributed by atoms with E-state index in [0.29, 0.717) is 18.5 Å². The van der Waals surface area contributed by atoms with E-state index in [1.807, 2.05) is 6.07 Å². The molecule has 2 amide bonds. The zero-order chi connectivity index (χ0) is 19.0. The van der Waals surface area contributed by atoms with Crippen LogP contribution in [-0.4, -0.2) is 30.6 Å². The summed E-state index contributed by atoms with van der Waals surface area (Å²) in [6, 6.07) is 12.9. The van der Waals surface area contributed by atoms with E-state index in [-0.39, 0.29) is 22.1 Å². The van der Waals surface area contributed by atoms with Gasteiger partial charge in [0.15, 0.2) is 0 Å². The third kappa shape index (κ3) is 3.12. The Labute approximate surface area is 158 Å². The summed E-state index contributed by atoms with van der Waals surface area (Å²) in [5, 5.41) is 2.73. The Kier molecular flexibility index (Phi) is 4.47. The summed E-state index contributed by atoms with van der Waals surface area (Å²) in [5.41, 5.74) is 0.974. The summed E-state index contributed by atoms with van der Waals surface area (Å²) in [6.45, 7) is 0. The van der Waals surface area contributed by atoms with Gasteiger partial charge in [-0.3, -0.25) is 9.59 Å². The second-order valence-corrected chi connectivity index (χ2v) is 8.71. The molecule has 1 aliphatic carbocycles. The SMILES string of the molecule is O=C(Nc1ccccc1)c1ccc2c(c1)S(=O)(=O)N(C1CCCCC1)C2=O. The molecule has 0 spiro atoms. The van der Waals surface area contributed by atoms with Gasteiger partial charge in [-0.2, -0.15) is 0 Å². The smallest absolute Gasteiger partial charge is 0.269 e. The predicted octanol–water partition coefficient (Wildman–Crippen LogP) is 3.42. The van der Waals surface area contributed by atoms with Gasteiger partial charge in [0, 0.05) is 17.3 Å². The quantitative estimate of drug-likeness (QED) is 0.879. The molecule has 0 unspecified atom stereocenters. The average molecular weight is 384 g/mol. The largest absolute Gasteiger partial charge is 0.322 e. The van der Waals surface area contributed by atoms with Gasteiger partial charge in [-0.25, -0.2) is 12.7 Å². The number of hydrogen-bond donors (Lipinski definition) is 1. The normalized spacial score (nSPS) is 19.0. The summed E-state index contributed by atoms with van der Waals surface area (Å²) in [7, 11) is -3.92. The monoisotopic (exact) mass is 384 g/mol. The van der Waals surface area contributed by atoms with Crippen molar-refractivity contribution < 1.29 is 18.0 Å². The lowest BCUT2D eigenvalue weighted by Gasteiger charge is -2.29. The van der Waals surface area contributed by atoms with Crippen LogP contribution in [0.4, 0.5) is 5.69 Å². The Morgan fingerprint density at radius 3 is 2.41 bits per heavy atom. The van der Waals surface area contributed by atoms with E-state index >= 15 is 0 Å². The predicted molar refractivity (Wildman–Crippen MR) is 101 cm³/mol. The Bertz CT molecular complexity index is 996. The Morgan fingerprint density at radius 2 is 1.70 bits per heavy atom. The summed E-state index contributed by atoms with van der Waals surface area (Å²) >= 11 is 0. The van der Waals surface area contributed by atoms with Gasteiger partial charge in [-0.15, -0.1) is 0 Å². The molecule has 0 saturated heterocycles. The highest BCUT2D eigenvalue weighted by Crippen LogP contribution is 2.36. The van der Waals surface area contributed by atoms with E-state index < -0.39 is 21.8 Å². The molecular weight excluding hydrogens is 364 g/mol. The van der Waals surface area contributed by atoms with Crippen molar-refractivity contribution in [3.8, 4) is 0 Å². The third-order valence-corrected chi connectivity index (χ3v) is 7.02. The molecule has 0 aromatic heterocycles. The molecule has 140 valence electrons. The van der Waals surface area contributed by atoms with Crippen molar-refractivity contribution in [1.29, 1.82) is 0 Å². The van der Waals surface area contributed by atoms with Gasteiger partial charge in [0.2, 0.25) is 0 Å². The number of benzene rings is 2. The van der Waals surface area contributed by atoms with E-state index in [1.165, 1.54) is 18.2 Å². The van der Waals surface area contributed by atoms with Crippen LogP contribution in [0.2, 0.25) is 0 Å². The first-order valence-electron chi connectivity index (χ1n) is 9.08. The number of nitrogens with zero attached hydrogens (tertiary/aromatic N) is 1. The Hall–Kier alpha value is -2.67. The second kappa shape index (κ2) is 6.81.